The molecule has 0 saturated carbocycles. The van der Waals surface area contributed by atoms with Crippen molar-refractivity contribution < 1.29 is 18.9 Å². The predicted molar refractivity (Wildman–Crippen MR) is 42.2 cm³/mol. The van der Waals surface area contributed by atoms with Crippen molar-refractivity contribution in [3.63, 3.8) is 0 Å². The molecular formula is C9H13Li. The molecule has 0 aliphatic carbocycles. The molecule has 1 aromatic carbocycles. The smallest absolute Gasteiger partial charge is 0.358 e. The molecule has 0 unspecified atom stereocenters. The zero-order valence-corrected chi connectivity index (χ0v) is 7.09. The summed E-state index contributed by atoms with van der Waals surface area (Å²) < 4.78 is 0. The Bertz CT molecular complexity index is 146. The number of hydrogen-bond donors (Lipinski definition) is 0. The van der Waals surface area contributed by atoms with Crippen molar-refractivity contribution in [3.05, 3.63) is 43.3 Å². The molecule has 0 fully saturated rings. The molecule has 0 spiro atoms. The summed E-state index contributed by atoms with van der Waals surface area (Å²) >= 11 is 0. The third kappa shape index (κ3) is 3.77. The normalized spacial score (nSPS) is 7.30. The number of benzene rings is 1. The molecular weight excluding hydrogens is 115 g/mol. The van der Waals surface area contributed by atoms with Crippen molar-refractivity contribution in [2.45, 2.75) is 13.3 Å². The van der Waals surface area contributed by atoms with E-state index in [9.17, 15) is 0 Å². The molecule has 10 heavy (non-hydrogen) atoms. The van der Waals surface area contributed by atoms with Gasteiger partial charge in [0, 0.05) is 0 Å². The van der Waals surface area contributed by atoms with E-state index in [1.165, 1.54) is 5.56 Å². The molecule has 50 valence electrons. The summed E-state index contributed by atoms with van der Waals surface area (Å²) in [5, 5.41) is 0. The Labute approximate surface area is 75.8 Å². The van der Waals surface area contributed by atoms with Gasteiger partial charge in [0.05, 0.1) is 0 Å². The topological polar surface area (TPSA) is 0 Å². The fourth-order valence-electron chi connectivity index (χ4n) is 0.714. The molecule has 1 aromatic rings. The molecule has 0 aromatic heterocycles. The third-order valence-electron chi connectivity index (χ3n) is 1.25. The van der Waals surface area contributed by atoms with Crippen molar-refractivity contribution in [2.75, 3.05) is 0 Å². The SMILES string of the molecule is CCc1ccccc1.[CH3-].[Li+]. The average molecular weight is 128 g/mol. The maximum absolute atomic E-state index is 2.16. The molecule has 0 radical (unpaired) electrons. The molecule has 0 nitrogen and oxygen atoms in total. The van der Waals surface area contributed by atoms with Gasteiger partial charge in [-0.1, -0.05) is 37.3 Å². The second kappa shape index (κ2) is 6.93. The van der Waals surface area contributed by atoms with Gasteiger partial charge in [0.1, 0.15) is 0 Å². The zero-order valence-electron chi connectivity index (χ0n) is 7.09. The first-order chi connectivity index (χ1) is 3.93. The molecule has 0 amide bonds. The monoisotopic (exact) mass is 128 g/mol. The van der Waals surface area contributed by atoms with E-state index in [1.54, 1.807) is 0 Å². The summed E-state index contributed by atoms with van der Waals surface area (Å²) in [5.41, 5.74) is 1.41. The van der Waals surface area contributed by atoms with Crippen LogP contribution in [0.1, 0.15) is 12.5 Å². The van der Waals surface area contributed by atoms with Crippen LogP contribution in [-0.2, 0) is 6.42 Å². The molecule has 1 rings (SSSR count). The molecule has 0 aliphatic heterocycles. The van der Waals surface area contributed by atoms with Gasteiger partial charge < -0.3 is 7.43 Å². The second-order valence-corrected chi connectivity index (χ2v) is 1.84. The van der Waals surface area contributed by atoms with E-state index in [4.69, 9.17) is 0 Å². The zero-order chi connectivity index (χ0) is 5.82. The van der Waals surface area contributed by atoms with E-state index in [0.717, 1.165) is 6.42 Å². The molecule has 0 bridgehead atoms. The van der Waals surface area contributed by atoms with Crippen LogP contribution in [0, 0.1) is 7.43 Å². The minimum atomic E-state index is 0. The Hall–Kier alpha value is -0.183. The second-order valence-electron chi connectivity index (χ2n) is 1.84. The van der Waals surface area contributed by atoms with Crippen molar-refractivity contribution in [1.82, 2.24) is 0 Å². The van der Waals surface area contributed by atoms with Crippen LogP contribution in [0.4, 0.5) is 0 Å². The van der Waals surface area contributed by atoms with E-state index in [1.807, 2.05) is 6.07 Å². The Balaban J connectivity index is 0. The van der Waals surface area contributed by atoms with E-state index in [2.05, 4.69) is 31.2 Å². The first-order valence-corrected chi connectivity index (χ1v) is 2.97. The Kier molecular flexibility index (Phi) is 8.66. The summed E-state index contributed by atoms with van der Waals surface area (Å²) in [5.74, 6) is 0. The first kappa shape index (κ1) is 12.5. The van der Waals surface area contributed by atoms with Crippen LogP contribution >= 0.6 is 0 Å². The molecule has 0 saturated heterocycles. The maximum atomic E-state index is 2.16. The van der Waals surface area contributed by atoms with Crippen LogP contribution in [0.5, 0.6) is 0 Å². The van der Waals surface area contributed by atoms with Gasteiger partial charge in [-0.3, -0.25) is 0 Å². The molecule has 0 heterocycles. The molecule has 0 atom stereocenters. The van der Waals surface area contributed by atoms with Gasteiger partial charge in [-0.25, -0.2) is 0 Å². The average Bonchev–Trinajstić information content (AvgIpc) is 1.90. The molecule has 0 N–H and O–H groups in total. The van der Waals surface area contributed by atoms with Crippen molar-refractivity contribution in [3.8, 4) is 0 Å². The van der Waals surface area contributed by atoms with Gasteiger partial charge in [0.2, 0.25) is 0 Å². The van der Waals surface area contributed by atoms with Crippen LogP contribution in [-0.4, -0.2) is 0 Å². The number of rotatable bonds is 1. The quantitative estimate of drug-likeness (QED) is 0.360. The minimum Gasteiger partial charge on any atom is -0.358 e. The van der Waals surface area contributed by atoms with E-state index in [0.29, 0.717) is 0 Å². The Morgan fingerprint density at radius 3 is 1.90 bits per heavy atom. The third-order valence-corrected chi connectivity index (χ3v) is 1.25. The van der Waals surface area contributed by atoms with Gasteiger partial charge in [-0.05, 0) is 12.0 Å². The van der Waals surface area contributed by atoms with E-state index >= 15 is 0 Å². The van der Waals surface area contributed by atoms with Gasteiger partial charge in [-0.2, -0.15) is 0 Å². The fourth-order valence-corrected chi connectivity index (χ4v) is 0.714. The van der Waals surface area contributed by atoms with Gasteiger partial charge >= 0.3 is 18.9 Å². The maximum Gasteiger partial charge on any atom is 1.00 e. The van der Waals surface area contributed by atoms with Crippen LogP contribution in [0.25, 0.3) is 0 Å². The van der Waals surface area contributed by atoms with E-state index in [-0.39, 0.29) is 26.3 Å². The number of hydrogen-bond acceptors (Lipinski definition) is 0. The van der Waals surface area contributed by atoms with Crippen molar-refractivity contribution >= 4 is 0 Å². The molecule has 1 heteroatoms. The summed E-state index contributed by atoms with van der Waals surface area (Å²) in [4.78, 5) is 0. The van der Waals surface area contributed by atoms with Crippen molar-refractivity contribution in [1.29, 1.82) is 0 Å². The largest absolute Gasteiger partial charge is 1.00 e. The summed E-state index contributed by atoms with van der Waals surface area (Å²) in [6.07, 6.45) is 1.14. The van der Waals surface area contributed by atoms with Crippen molar-refractivity contribution in [2.24, 2.45) is 0 Å². The summed E-state index contributed by atoms with van der Waals surface area (Å²) in [6.45, 7) is 2.16. The van der Waals surface area contributed by atoms with Gasteiger partial charge in [-0.15, -0.1) is 0 Å². The Morgan fingerprint density at radius 1 is 1.10 bits per heavy atom. The fraction of sp³-hybridized carbons (Fsp3) is 0.222. The van der Waals surface area contributed by atoms with Crippen LogP contribution in [0.3, 0.4) is 0 Å². The first-order valence-electron chi connectivity index (χ1n) is 2.97. The number of aryl methyl sites for hydroxylation is 1. The van der Waals surface area contributed by atoms with Gasteiger partial charge in [0.25, 0.3) is 0 Å². The van der Waals surface area contributed by atoms with E-state index < -0.39 is 0 Å². The predicted octanol–water partition coefficient (Wildman–Crippen LogP) is -0.297. The summed E-state index contributed by atoms with van der Waals surface area (Å²) in [7, 11) is 0. The summed E-state index contributed by atoms with van der Waals surface area (Å²) in [6, 6.07) is 10.5. The van der Waals surface area contributed by atoms with Gasteiger partial charge in [0.15, 0.2) is 0 Å². The van der Waals surface area contributed by atoms with Crippen LogP contribution in [0.15, 0.2) is 30.3 Å². The standard InChI is InChI=1S/C8H10.CH3.Li/c1-2-8-6-4-3-5-7-8;;/h3-7H,2H2,1H3;1H3;/q;-1;+1. The van der Waals surface area contributed by atoms with Crippen LogP contribution < -0.4 is 18.9 Å². The Morgan fingerprint density at radius 2 is 1.60 bits per heavy atom. The van der Waals surface area contributed by atoms with Crippen LogP contribution in [0.2, 0.25) is 0 Å². The minimum absolute atomic E-state index is 0. The molecule has 0 aliphatic rings.